The van der Waals surface area contributed by atoms with E-state index in [1.165, 1.54) is 50.2 Å². The predicted octanol–water partition coefficient (Wildman–Crippen LogP) is 6.40. The largest absolute Gasteiger partial charge is 0.0988 e. The van der Waals surface area contributed by atoms with E-state index in [4.69, 9.17) is 11.6 Å². The molecule has 0 amide bonds. The molecular weight excluding hydrogens is 228 g/mol. The first kappa shape index (κ1) is 18.6. The van der Waals surface area contributed by atoms with Crippen molar-refractivity contribution in [2.24, 2.45) is 0 Å². The third-order valence-corrected chi connectivity index (χ3v) is 2.42. The molecule has 0 aromatic rings. The summed E-state index contributed by atoms with van der Waals surface area (Å²) in [6, 6.07) is 0. The van der Waals surface area contributed by atoms with Crippen LogP contribution < -0.4 is 0 Å². The Morgan fingerprint density at radius 2 is 1.59 bits per heavy atom. The maximum absolute atomic E-state index is 5.15. The van der Waals surface area contributed by atoms with Crippen LogP contribution in [-0.2, 0) is 0 Å². The Labute approximate surface area is 113 Å². The van der Waals surface area contributed by atoms with E-state index in [1.807, 2.05) is 6.08 Å². The third kappa shape index (κ3) is 17.8. The van der Waals surface area contributed by atoms with Crippen LogP contribution in [0.15, 0.2) is 48.6 Å². The highest BCUT2D eigenvalue weighted by Gasteiger charge is 1.90. The molecule has 0 fully saturated rings. The minimum Gasteiger partial charge on any atom is -0.0988 e. The lowest BCUT2D eigenvalue weighted by atomic mass is 10.1. The molecule has 0 saturated carbocycles. The van der Waals surface area contributed by atoms with Crippen LogP contribution in [0.5, 0.6) is 0 Å². The quantitative estimate of drug-likeness (QED) is 0.347. The van der Waals surface area contributed by atoms with Crippen molar-refractivity contribution in [3.8, 4) is 0 Å². The van der Waals surface area contributed by atoms with Gasteiger partial charge in [0.1, 0.15) is 0 Å². The number of allylic oxidation sites excluding steroid dienone is 5. The lowest BCUT2D eigenvalue weighted by Crippen LogP contribution is -1.79. The SMILES string of the molecule is C=C/C(=C/CCCC)CCCC.C=CC(=C)Cl. The number of rotatable bonds is 8. The highest BCUT2D eigenvalue weighted by Crippen LogP contribution is 2.10. The molecule has 0 heterocycles. The first-order chi connectivity index (χ1) is 8.12. The summed E-state index contributed by atoms with van der Waals surface area (Å²) >= 11 is 5.15. The normalized spacial score (nSPS) is 10.2. The molecule has 0 bridgehead atoms. The molecule has 0 unspecified atom stereocenters. The van der Waals surface area contributed by atoms with Gasteiger partial charge in [0.25, 0.3) is 0 Å². The monoisotopic (exact) mass is 254 g/mol. The molecule has 0 nitrogen and oxygen atoms in total. The second-order valence-electron chi connectivity index (χ2n) is 3.88. The second kappa shape index (κ2) is 15.2. The smallest absolute Gasteiger partial charge is 0.0328 e. The average molecular weight is 255 g/mol. The molecule has 0 rings (SSSR count). The van der Waals surface area contributed by atoms with Crippen LogP contribution in [-0.4, -0.2) is 0 Å². The minimum absolute atomic E-state index is 0.491. The second-order valence-corrected chi connectivity index (χ2v) is 4.37. The van der Waals surface area contributed by atoms with Gasteiger partial charge >= 0.3 is 0 Å². The first-order valence-corrected chi connectivity index (χ1v) is 6.78. The lowest BCUT2D eigenvalue weighted by molar-refractivity contribution is 0.778. The third-order valence-electron chi connectivity index (χ3n) is 2.27. The van der Waals surface area contributed by atoms with Gasteiger partial charge in [0.2, 0.25) is 0 Å². The van der Waals surface area contributed by atoms with Crippen LogP contribution >= 0.6 is 11.6 Å². The molecule has 0 N–H and O–H groups in total. The van der Waals surface area contributed by atoms with Gasteiger partial charge in [0.15, 0.2) is 0 Å². The molecule has 0 aliphatic rings. The van der Waals surface area contributed by atoms with Crippen LogP contribution in [0.2, 0.25) is 0 Å². The summed E-state index contributed by atoms with van der Waals surface area (Å²) in [5, 5.41) is 0.491. The highest BCUT2D eigenvalue weighted by atomic mass is 35.5. The molecule has 0 aliphatic heterocycles. The molecule has 0 aliphatic carbocycles. The number of hydrogen-bond donors (Lipinski definition) is 0. The fourth-order valence-electron chi connectivity index (χ4n) is 1.16. The summed E-state index contributed by atoms with van der Waals surface area (Å²) in [5.41, 5.74) is 1.44. The zero-order valence-electron chi connectivity index (χ0n) is 11.5. The first-order valence-electron chi connectivity index (χ1n) is 6.40. The van der Waals surface area contributed by atoms with Gasteiger partial charge in [-0.2, -0.15) is 0 Å². The number of hydrogen-bond acceptors (Lipinski definition) is 0. The summed E-state index contributed by atoms with van der Waals surface area (Å²) < 4.78 is 0. The van der Waals surface area contributed by atoms with Gasteiger partial charge in [-0.3, -0.25) is 0 Å². The van der Waals surface area contributed by atoms with E-state index < -0.39 is 0 Å². The maximum Gasteiger partial charge on any atom is 0.0328 e. The highest BCUT2D eigenvalue weighted by molar-refractivity contribution is 6.30. The standard InChI is InChI=1S/C12H22.C4H5Cl/c1-4-7-9-11-12(6-3)10-8-5-2;1-3-4(2)5/h6,11H,3-5,7-10H2,1-2H3;3H,1-2H2/b12-11-;. The summed E-state index contributed by atoms with van der Waals surface area (Å²) in [6.45, 7) is 14.9. The Bertz CT molecular complexity index is 236. The van der Waals surface area contributed by atoms with Crippen molar-refractivity contribution in [1.29, 1.82) is 0 Å². The van der Waals surface area contributed by atoms with Gasteiger partial charge in [-0.05, 0) is 19.3 Å². The van der Waals surface area contributed by atoms with Gasteiger partial charge < -0.3 is 0 Å². The van der Waals surface area contributed by atoms with Crippen molar-refractivity contribution in [2.75, 3.05) is 0 Å². The molecule has 0 spiro atoms. The fraction of sp³-hybridized carbons (Fsp3) is 0.500. The van der Waals surface area contributed by atoms with Crippen molar-refractivity contribution in [1.82, 2.24) is 0 Å². The Morgan fingerprint density at radius 3 is 1.94 bits per heavy atom. The predicted molar refractivity (Wildman–Crippen MR) is 82.5 cm³/mol. The molecule has 98 valence electrons. The zero-order valence-corrected chi connectivity index (χ0v) is 12.2. The van der Waals surface area contributed by atoms with E-state index in [-0.39, 0.29) is 0 Å². The Hall–Kier alpha value is -0.750. The zero-order chi connectivity index (χ0) is 13.5. The van der Waals surface area contributed by atoms with Crippen LogP contribution in [0, 0.1) is 0 Å². The molecule has 0 radical (unpaired) electrons. The van der Waals surface area contributed by atoms with E-state index in [0.717, 1.165) is 0 Å². The van der Waals surface area contributed by atoms with Crippen molar-refractivity contribution in [3.63, 3.8) is 0 Å². The topological polar surface area (TPSA) is 0 Å². The summed E-state index contributed by atoms with van der Waals surface area (Å²) in [5.74, 6) is 0. The van der Waals surface area contributed by atoms with E-state index >= 15 is 0 Å². The Morgan fingerprint density at radius 1 is 1.06 bits per heavy atom. The van der Waals surface area contributed by atoms with E-state index in [2.05, 4.69) is 39.7 Å². The van der Waals surface area contributed by atoms with Crippen molar-refractivity contribution in [3.05, 3.63) is 48.6 Å². The van der Waals surface area contributed by atoms with Crippen LogP contribution in [0.1, 0.15) is 52.4 Å². The van der Waals surface area contributed by atoms with Crippen LogP contribution in [0.4, 0.5) is 0 Å². The fourth-order valence-corrected chi connectivity index (χ4v) is 1.16. The Kier molecular flexibility index (Phi) is 16.7. The Balaban J connectivity index is 0. The molecule has 1 heteroatoms. The van der Waals surface area contributed by atoms with Gasteiger partial charge in [-0.25, -0.2) is 0 Å². The van der Waals surface area contributed by atoms with E-state index in [9.17, 15) is 0 Å². The lowest BCUT2D eigenvalue weighted by Gasteiger charge is -1.99. The van der Waals surface area contributed by atoms with E-state index in [0.29, 0.717) is 5.03 Å². The molecule has 0 aromatic heterocycles. The van der Waals surface area contributed by atoms with Gasteiger partial charge in [-0.1, -0.05) is 88.2 Å². The average Bonchev–Trinajstić information content (AvgIpc) is 2.34. The van der Waals surface area contributed by atoms with Crippen molar-refractivity contribution in [2.45, 2.75) is 52.4 Å². The van der Waals surface area contributed by atoms with E-state index in [1.54, 1.807) is 0 Å². The summed E-state index contributed by atoms with van der Waals surface area (Å²) in [6.07, 6.45) is 13.4. The molecule has 0 atom stereocenters. The van der Waals surface area contributed by atoms with Gasteiger partial charge in [0, 0.05) is 5.03 Å². The van der Waals surface area contributed by atoms with Crippen molar-refractivity contribution < 1.29 is 0 Å². The minimum atomic E-state index is 0.491. The van der Waals surface area contributed by atoms with Gasteiger partial charge in [0.05, 0.1) is 0 Å². The summed E-state index contributed by atoms with van der Waals surface area (Å²) in [4.78, 5) is 0. The maximum atomic E-state index is 5.15. The molecule has 0 saturated heterocycles. The van der Waals surface area contributed by atoms with Crippen LogP contribution in [0.25, 0.3) is 0 Å². The van der Waals surface area contributed by atoms with Crippen molar-refractivity contribution >= 4 is 11.6 Å². The van der Waals surface area contributed by atoms with Crippen LogP contribution in [0.3, 0.4) is 0 Å². The molecule has 17 heavy (non-hydrogen) atoms. The summed E-state index contributed by atoms with van der Waals surface area (Å²) in [7, 11) is 0. The molecule has 0 aromatic carbocycles. The number of unbranched alkanes of at least 4 members (excludes halogenated alkanes) is 3. The number of halogens is 1. The molecular formula is C16H27Cl. The van der Waals surface area contributed by atoms with Gasteiger partial charge in [-0.15, -0.1) is 0 Å².